The lowest BCUT2D eigenvalue weighted by Crippen LogP contribution is -2.13. The zero-order valence-electron chi connectivity index (χ0n) is 7.11. The molecular weight excluding hydrogens is 170 g/mol. The van der Waals surface area contributed by atoms with Gasteiger partial charge < -0.3 is 14.9 Å². The fourth-order valence-corrected chi connectivity index (χ4v) is 1.18. The number of nitrogens with one attached hydrogen (secondary N) is 2. The normalized spacial score (nSPS) is 10.8. The Hall–Kier alpha value is -1.69. The molecule has 2 heterocycles. The van der Waals surface area contributed by atoms with Crippen LogP contribution in [0.5, 0.6) is 0 Å². The maximum absolute atomic E-state index is 11.2. The lowest BCUT2D eigenvalue weighted by molar-refractivity contribution is 0.628. The summed E-state index contributed by atoms with van der Waals surface area (Å²) in [5.41, 5.74) is 0.760. The highest BCUT2D eigenvalue weighted by Gasteiger charge is 2.04. The van der Waals surface area contributed by atoms with Gasteiger partial charge in [0.05, 0.1) is 19.3 Å². The van der Waals surface area contributed by atoms with Gasteiger partial charge in [-0.25, -0.2) is 9.97 Å². The van der Waals surface area contributed by atoms with Gasteiger partial charge in [-0.2, -0.15) is 0 Å². The van der Waals surface area contributed by atoms with E-state index in [1.807, 2.05) is 7.05 Å². The van der Waals surface area contributed by atoms with E-state index in [4.69, 9.17) is 0 Å². The molecule has 6 heteroatoms. The van der Waals surface area contributed by atoms with E-state index in [9.17, 15) is 4.79 Å². The molecule has 0 aliphatic carbocycles. The smallest absolute Gasteiger partial charge is 0.278 e. The molecule has 0 atom stereocenters. The predicted octanol–water partition coefficient (Wildman–Crippen LogP) is -0.703. The first-order valence-corrected chi connectivity index (χ1v) is 3.86. The number of aromatic nitrogens is 4. The summed E-state index contributed by atoms with van der Waals surface area (Å²) in [5, 5.41) is 2.95. The summed E-state index contributed by atoms with van der Waals surface area (Å²) in [4.78, 5) is 21.7. The van der Waals surface area contributed by atoms with Crippen molar-refractivity contribution in [3.8, 4) is 0 Å². The van der Waals surface area contributed by atoms with Crippen LogP contribution in [-0.4, -0.2) is 26.6 Å². The molecule has 0 bridgehead atoms. The van der Waals surface area contributed by atoms with E-state index >= 15 is 0 Å². The lowest BCUT2D eigenvalue weighted by Gasteiger charge is -1.99. The van der Waals surface area contributed by atoms with Gasteiger partial charge in [0.1, 0.15) is 0 Å². The molecule has 0 radical (unpaired) electrons. The number of H-pyrrole nitrogens is 1. The molecule has 0 unspecified atom stereocenters. The third-order valence-electron chi connectivity index (χ3n) is 1.74. The van der Waals surface area contributed by atoms with Crippen LogP contribution >= 0.6 is 0 Å². The SMILES string of the molecule is CNCn1cnc2c(=O)[nH]cnc21. The topological polar surface area (TPSA) is 75.6 Å². The first kappa shape index (κ1) is 7.93. The Morgan fingerprint density at radius 2 is 2.46 bits per heavy atom. The van der Waals surface area contributed by atoms with Crippen LogP contribution in [0.1, 0.15) is 0 Å². The average Bonchev–Trinajstić information content (AvgIpc) is 2.51. The van der Waals surface area contributed by atoms with Crippen LogP contribution in [-0.2, 0) is 6.67 Å². The minimum atomic E-state index is -0.208. The molecule has 0 fully saturated rings. The zero-order chi connectivity index (χ0) is 9.26. The van der Waals surface area contributed by atoms with Gasteiger partial charge in [0.25, 0.3) is 5.56 Å². The van der Waals surface area contributed by atoms with Crippen LogP contribution in [0.2, 0.25) is 0 Å². The van der Waals surface area contributed by atoms with Gasteiger partial charge in [-0.15, -0.1) is 0 Å². The van der Waals surface area contributed by atoms with Crippen molar-refractivity contribution in [1.29, 1.82) is 0 Å². The molecule has 2 N–H and O–H groups in total. The monoisotopic (exact) mass is 179 g/mol. The van der Waals surface area contributed by atoms with Crippen molar-refractivity contribution in [2.24, 2.45) is 0 Å². The van der Waals surface area contributed by atoms with Crippen molar-refractivity contribution in [2.75, 3.05) is 7.05 Å². The fourth-order valence-electron chi connectivity index (χ4n) is 1.18. The van der Waals surface area contributed by atoms with Crippen LogP contribution < -0.4 is 10.9 Å². The van der Waals surface area contributed by atoms with Gasteiger partial charge in [-0.05, 0) is 7.05 Å². The molecule has 0 aliphatic heterocycles. The molecule has 0 aliphatic rings. The number of aromatic amines is 1. The van der Waals surface area contributed by atoms with Crippen molar-refractivity contribution in [1.82, 2.24) is 24.8 Å². The maximum atomic E-state index is 11.2. The highest BCUT2D eigenvalue weighted by Crippen LogP contribution is 2.01. The van der Waals surface area contributed by atoms with E-state index in [1.54, 1.807) is 10.9 Å². The maximum Gasteiger partial charge on any atom is 0.278 e. The molecule has 13 heavy (non-hydrogen) atoms. The standard InChI is InChI=1S/C7H9N5O/c1-8-3-12-4-11-5-6(12)9-2-10-7(5)13/h2,4,8H,3H2,1H3,(H,9,10,13). The third-order valence-corrected chi connectivity index (χ3v) is 1.74. The average molecular weight is 179 g/mol. The van der Waals surface area contributed by atoms with E-state index < -0.39 is 0 Å². The third kappa shape index (κ3) is 1.20. The highest BCUT2D eigenvalue weighted by molar-refractivity contribution is 5.68. The first-order valence-electron chi connectivity index (χ1n) is 3.86. The van der Waals surface area contributed by atoms with Gasteiger partial charge in [0.2, 0.25) is 0 Å². The number of fused-ring (bicyclic) bond motifs is 1. The Morgan fingerprint density at radius 3 is 3.23 bits per heavy atom. The van der Waals surface area contributed by atoms with Crippen LogP contribution in [0.4, 0.5) is 0 Å². The molecule has 0 amide bonds. The highest BCUT2D eigenvalue weighted by atomic mass is 16.1. The Labute approximate surface area is 73.6 Å². The second kappa shape index (κ2) is 2.98. The van der Waals surface area contributed by atoms with Crippen LogP contribution in [0, 0.1) is 0 Å². The molecule has 2 rings (SSSR count). The van der Waals surface area contributed by atoms with E-state index in [1.165, 1.54) is 6.33 Å². The first-order chi connectivity index (χ1) is 6.33. The summed E-state index contributed by atoms with van der Waals surface area (Å²) >= 11 is 0. The van der Waals surface area contributed by atoms with Gasteiger partial charge in [-0.3, -0.25) is 4.79 Å². The molecule has 6 nitrogen and oxygen atoms in total. The number of rotatable bonds is 2. The second-order valence-corrected chi connectivity index (χ2v) is 2.63. The quantitative estimate of drug-likeness (QED) is 0.639. The van der Waals surface area contributed by atoms with Crippen molar-refractivity contribution in [3.05, 3.63) is 23.0 Å². The lowest BCUT2D eigenvalue weighted by atomic mass is 10.5. The largest absolute Gasteiger partial charge is 0.311 e. The van der Waals surface area contributed by atoms with Crippen LogP contribution in [0.25, 0.3) is 11.2 Å². The molecule has 0 spiro atoms. The molecular formula is C7H9N5O. The summed E-state index contributed by atoms with van der Waals surface area (Å²) < 4.78 is 1.77. The molecule has 0 aromatic carbocycles. The Balaban J connectivity index is 2.68. The molecule has 0 saturated carbocycles. The van der Waals surface area contributed by atoms with Crippen molar-refractivity contribution in [2.45, 2.75) is 6.67 Å². The number of imidazole rings is 1. The molecule has 2 aromatic heterocycles. The molecule has 2 aromatic rings. The van der Waals surface area contributed by atoms with E-state index in [0.717, 1.165) is 0 Å². The summed E-state index contributed by atoms with van der Waals surface area (Å²) in [6.45, 7) is 0.590. The summed E-state index contributed by atoms with van der Waals surface area (Å²) in [5.74, 6) is 0. The fraction of sp³-hybridized carbons (Fsp3) is 0.286. The summed E-state index contributed by atoms with van der Waals surface area (Å²) in [6, 6.07) is 0. The van der Waals surface area contributed by atoms with Gasteiger partial charge in [-0.1, -0.05) is 0 Å². The number of hydrogen-bond donors (Lipinski definition) is 2. The van der Waals surface area contributed by atoms with E-state index in [2.05, 4.69) is 20.3 Å². The number of hydrogen-bond acceptors (Lipinski definition) is 4. The van der Waals surface area contributed by atoms with Gasteiger partial charge in [0.15, 0.2) is 11.2 Å². The van der Waals surface area contributed by atoms with Crippen molar-refractivity contribution in [3.63, 3.8) is 0 Å². The Kier molecular flexibility index (Phi) is 1.82. The van der Waals surface area contributed by atoms with Crippen LogP contribution in [0.15, 0.2) is 17.4 Å². The Bertz CT molecular complexity index is 471. The van der Waals surface area contributed by atoms with E-state index in [0.29, 0.717) is 17.8 Å². The van der Waals surface area contributed by atoms with Gasteiger partial charge >= 0.3 is 0 Å². The van der Waals surface area contributed by atoms with E-state index in [-0.39, 0.29) is 5.56 Å². The molecule has 68 valence electrons. The van der Waals surface area contributed by atoms with Gasteiger partial charge in [0, 0.05) is 0 Å². The van der Waals surface area contributed by atoms with Crippen molar-refractivity contribution < 1.29 is 0 Å². The summed E-state index contributed by atoms with van der Waals surface area (Å²) in [6.07, 6.45) is 2.96. The Morgan fingerprint density at radius 1 is 1.62 bits per heavy atom. The predicted molar refractivity (Wildman–Crippen MR) is 47.2 cm³/mol. The zero-order valence-corrected chi connectivity index (χ0v) is 7.11. The van der Waals surface area contributed by atoms with Crippen molar-refractivity contribution >= 4 is 11.2 Å². The minimum Gasteiger partial charge on any atom is -0.311 e. The minimum absolute atomic E-state index is 0.208. The molecule has 0 saturated heterocycles. The number of nitrogens with zero attached hydrogens (tertiary/aromatic N) is 3. The summed E-state index contributed by atoms with van der Waals surface area (Å²) in [7, 11) is 1.82. The van der Waals surface area contributed by atoms with Crippen LogP contribution in [0.3, 0.4) is 0 Å². The second-order valence-electron chi connectivity index (χ2n) is 2.63.